The molecule has 7 heteroatoms. The lowest BCUT2D eigenvalue weighted by atomic mass is 10.1. The van der Waals surface area contributed by atoms with E-state index in [9.17, 15) is 4.79 Å². The summed E-state index contributed by atoms with van der Waals surface area (Å²) in [6, 6.07) is 8.00. The van der Waals surface area contributed by atoms with Crippen molar-refractivity contribution in [1.29, 1.82) is 0 Å². The van der Waals surface area contributed by atoms with E-state index in [1.165, 1.54) is 7.11 Å². The van der Waals surface area contributed by atoms with Gasteiger partial charge in [0, 0.05) is 38.3 Å². The number of aryl methyl sites for hydroxylation is 1. The second-order valence-corrected chi connectivity index (χ2v) is 6.41. The van der Waals surface area contributed by atoms with Crippen molar-refractivity contribution >= 4 is 11.7 Å². The molecule has 2 atom stereocenters. The Labute approximate surface area is 147 Å². The third-order valence-electron chi connectivity index (χ3n) is 4.73. The van der Waals surface area contributed by atoms with Crippen LogP contribution in [0.2, 0.25) is 0 Å². The van der Waals surface area contributed by atoms with Crippen LogP contribution in [0.25, 0.3) is 0 Å². The summed E-state index contributed by atoms with van der Waals surface area (Å²) in [5.74, 6) is 0.951. The van der Waals surface area contributed by atoms with Crippen molar-refractivity contribution in [1.82, 2.24) is 15.1 Å². The van der Waals surface area contributed by atoms with Gasteiger partial charge in [0.1, 0.15) is 0 Å². The van der Waals surface area contributed by atoms with Gasteiger partial charge in [-0.3, -0.25) is 4.90 Å². The topological polar surface area (TPSA) is 71.7 Å². The van der Waals surface area contributed by atoms with E-state index in [1.54, 1.807) is 0 Å². The van der Waals surface area contributed by atoms with Crippen LogP contribution in [0.3, 0.4) is 0 Å². The smallest absolute Gasteiger partial charge is 0.337 e. The molecule has 3 rings (SSSR count). The van der Waals surface area contributed by atoms with Gasteiger partial charge in [-0.25, -0.2) is 4.79 Å². The summed E-state index contributed by atoms with van der Waals surface area (Å²) >= 11 is 0. The second-order valence-electron chi connectivity index (χ2n) is 6.41. The van der Waals surface area contributed by atoms with Crippen molar-refractivity contribution in [3.63, 3.8) is 0 Å². The van der Waals surface area contributed by atoms with Crippen LogP contribution in [-0.4, -0.2) is 53.9 Å². The molecule has 0 radical (unpaired) electrons. The van der Waals surface area contributed by atoms with Gasteiger partial charge in [-0.2, -0.15) is 0 Å². The predicted octanol–water partition coefficient (Wildman–Crippen LogP) is 2.44. The summed E-state index contributed by atoms with van der Waals surface area (Å²) in [5.41, 5.74) is 1.68. The minimum Gasteiger partial charge on any atom is -0.465 e. The molecule has 2 heterocycles. The monoisotopic (exact) mass is 344 g/mol. The maximum absolute atomic E-state index is 11.5. The summed E-state index contributed by atoms with van der Waals surface area (Å²) in [5, 5.41) is 8.08. The van der Waals surface area contributed by atoms with Crippen molar-refractivity contribution in [2.45, 2.75) is 32.9 Å². The maximum atomic E-state index is 11.5. The number of piperazine rings is 1. The molecule has 2 aromatic rings. The van der Waals surface area contributed by atoms with Crippen molar-refractivity contribution < 1.29 is 13.9 Å². The van der Waals surface area contributed by atoms with Crippen molar-refractivity contribution in [3.05, 3.63) is 41.6 Å². The molecule has 0 amide bonds. The number of carbonyl (C=O) groups excluding carboxylic acids is 1. The normalized spacial score (nSPS) is 19.7. The Morgan fingerprint density at radius 2 is 2.00 bits per heavy atom. The molecule has 0 bridgehead atoms. The fourth-order valence-corrected chi connectivity index (χ4v) is 3.33. The van der Waals surface area contributed by atoms with Gasteiger partial charge in [-0.15, -0.1) is 10.2 Å². The number of hydrogen-bond donors (Lipinski definition) is 0. The Bertz CT molecular complexity index is 728. The maximum Gasteiger partial charge on any atom is 0.337 e. The van der Waals surface area contributed by atoms with Gasteiger partial charge in [-0.05, 0) is 38.1 Å². The Morgan fingerprint density at radius 3 is 2.56 bits per heavy atom. The van der Waals surface area contributed by atoms with Crippen LogP contribution in [0.5, 0.6) is 0 Å². The van der Waals surface area contributed by atoms with Crippen LogP contribution in [-0.2, 0) is 4.74 Å². The molecule has 134 valence electrons. The van der Waals surface area contributed by atoms with E-state index in [4.69, 9.17) is 9.15 Å². The highest BCUT2D eigenvalue weighted by molar-refractivity contribution is 5.89. The zero-order valence-corrected chi connectivity index (χ0v) is 15.1. The largest absolute Gasteiger partial charge is 0.465 e. The zero-order valence-electron chi connectivity index (χ0n) is 15.1. The highest BCUT2D eigenvalue weighted by atomic mass is 16.5. The first-order valence-electron chi connectivity index (χ1n) is 8.48. The number of esters is 1. The fraction of sp³-hybridized carbons (Fsp3) is 0.500. The molecule has 1 aliphatic heterocycles. The lowest BCUT2D eigenvalue weighted by Gasteiger charge is -2.42. The lowest BCUT2D eigenvalue weighted by molar-refractivity contribution is 0.0600. The first kappa shape index (κ1) is 17.4. The van der Waals surface area contributed by atoms with Gasteiger partial charge in [0.15, 0.2) is 0 Å². The van der Waals surface area contributed by atoms with E-state index >= 15 is 0 Å². The van der Waals surface area contributed by atoms with Crippen molar-refractivity contribution in [2.75, 3.05) is 31.6 Å². The molecule has 1 aromatic carbocycles. The summed E-state index contributed by atoms with van der Waals surface area (Å²) in [6.45, 7) is 8.82. The van der Waals surface area contributed by atoms with E-state index < -0.39 is 0 Å². The third-order valence-corrected chi connectivity index (χ3v) is 4.73. The number of anilines is 1. The third kappa shape index (κ3) is 3.66. The average Bonchev–Trinajstić information content (AvgIpc) is 3.07. The first-order chi connectivity index (χ1) is 12.0. The quantitative estimate of drug-likeness (QED) is 0.789. The minimum atomic E-state index is -0.312. The van der Waals surface area contributed by atoms with Crippen molar-refractivity contribution in [2.24, 2.45) is 0 Å². The molecular weight excluding hydrogens is 320 g/mol. The second kappa shape index (κ2) is 7.23. The lowest BCUT2D eigenvalue weighted by Crippen LogP contribution is -2.52. The average molecular weight is 344 g/mol. The number of rotatable bonds is 4. The molecule has 1 saturated heterocycles. The standard InChI is InChI=1S/C18H24N4O3/c1-12-11-21(16-7-5-15(6-8-16)18(23)24-4)9-10-22(12)13(2)17-20-19-14(3)25-17/h5-8,12-13H,9-11H2,1-4H3/t12-,13+/m0/s1. The summed E-state index contributed by atoms with van der Waals surface area (Å²) < 4.78 is 10.3. The summed E-state index contributed by atoms with van der Waals surface area (Å²) in [6.07, 6.45) is 0. The van der Waals surface area contributed by atoms with Crippen molar-refractivity contribution in [3.8, 4) is 0 Å². The Balaban J connectivity index is 1.66. The number of nitrogens with zero attached hydrogens (tertiary/aromatic N) is 4. The van der Waals surface area contributed by atoms with Crippen LogP contribution >= 0.6 is 0 Å². The van der Waals surface area contributed by atoms with Gasteiger partial charge in [0.25, 0.3) is 0 Å². The highest BCUT2D eigenvalue weighted by Gasteiger charge is 2.30. The molecular formula is C18H24N4O3. The number of benzene rings is 1. The minimum absolute atomic E-state index is 0.0973. The van der Waals surface area contributed by atoms with Crippen LogP contribution in [0.15, 0.2) is 28.7 Å². The van der Waals surface area contributed by atoms with Gasteiger partial charge in [-0.1, -0.05) is 0 Å². The molecule has 0 aliphatic carbocycles. The van der Waals surface area contributed by atoms with Gasteiger partial charge in [0.2, 0.25) is 11.8 Å². The summed E-state index contributed by atoms with van der Waals surface area (Å²) in [4.78, 5) is 16.3. The molecule has 0 saturated carbocycles. The first-order valence-corrected chi connectivity index (χ1v) is 8.48. The number of hydrogen-bond acceptors (Lipinski definition) is 7. The molecule has 7 nitrogen and oxygen atoms in total. The molecule has 25 heavy (non-hydrogen) atoms. The van der Waals surface area contributed by atoms with Crippen LogP contribution in [0.1, 0.15) is 42.0 Å². The van der Waals surface area contributed by atoms with E-state index in [2.05, 4.69) is 33.8 Å². The van der Waals surface area contributed by atoms with Crippen LogP contribution < -0.4 is 4.90 Å². The van der Waals surface area contributed by atoms with E-state index in [1.807, 2.05) is 31.2 Å². The Hall–Kier alpha value is -2.41. The van der Waals surface area contributed by atoms with Gasteiger partial charge in [0.05, 0.1) is 18.7 Å². The SMILES string of the molecule is COC(=O)c1ccc(N2CCN([C@H](C)c3nnc(C)o3)[C@@H](C)C2)cc1. The zero-order chi connectivity index (χ0) is 18.0. The number of ether oxygens (including phenoxy) is 1. The molecule has 1 aliphatic rings. The van der Waals surface area contributed by atoms with E-state index in [0.717, 1.165) is 25.3 Å². The summed E-state index contributed by atoms with van der Waals surface area (Å²) in [7, 11) is 1.39. The predicted molar refractivity (Wildman–Crippen MR) is 93.6 cm³/mol. The van der Waals surface area contributed by atoms with Gasteiger partial charge >= 0.3 is 5.97 Å². The van der Waals surface area contributed by atoms with E-state index in [0.29, 0.717) is 23.4 Å². The molecule has 0 unspecified atom stereocenters. The molecule has 0 N–H and O–H groups in total. The number of aromatic nitrogens is 2. The van der Waals surface area contributed by atoms with Gasteiger partial charge < -0.3 is 14.1 Å². The molecule has 1 fully saturated rings. The molecule has 1 aromatic heterocycles. The fourth-order valence-electron chi connectivity index (χ4n) is 3.33. The van der Waals surface area contributed by atoms with Crippen LogP contribution in [0.4, 0.5) is 5.69 Å². The van der Waals surface area contributed by atoms with Crippen LogP contribution in [0, 0.1) is 6.92 Å². The highest BCUT2D eigenvalue weighted by Crippen LogP contribution is 2.26. The molecule has 0 spiro atoms. The number of methoxy groups -OCH3 is 1. The Kier molecular flexibility index (Phi) is 5.03. The van der Waals surface area contributed by atoms with E-state index in [-0.39, 0.29) is 12.0 Å². The number of carbonyl (C=O) groups is 1. The Morgan fingerprint density at radius 1 is 1.28 bits per heavy atom.